The number of aromatic nitrogens is 2. The maximum atomic E-state index is 13.6. The first-order valence-corrected chi connectivity index (χ1v) is 6.93. The Morgan fingerprint density at radius 2 is 1.87 bits per heavy atom. The van der Waals surface area contributed by atoms with Crippen molar-refractivity contribution in [2.45, 2.75) is 32.7 Å². The molecule has 0 aliphatic rings. The molecular weight excluding hydrogens is 307 g/mol. The third-order valence-corrected chi connectivity index (χ3v) is 3.22. The molecule has 0 atom stereocenters. The molecule has 0 spiro atoms. The number of nitrogens with one attached hydrogen (secondary N) is 1. The van der Waals surface area contributed by atoms with Crippen LogP contribution >= 0.6 is 0 Å². The van der Waals surface area contributed by atoms with Crippen molar-refractivity contribution >= 4 is 5.91 Å². The van der Waals surface area contributed by atoms with E-state index in [-0.39, 0.29) is 12.0 Å². The molecule has 0 bridgehead atoms. The minimum Gasteiger partial charge on any atom is -0.348 e. The number of nitrogens with zero attached hydrogens (tertiary/aromatic N) is 2. The lowest BCUT2D eigenvalue weighted by molar-refractivity contribution is 0.0945. The predicted octanol–water partition coefficient (Wildman–Crippen LogP) is 3.12. The Hall–Kier alpha value is -2.44. The van der Waals surface area contributed by atoms with Gasteiger partial charge in [0.2, 0.25) is 0 Å². The summed E-state index contributed by atoms with van der Waals surface area (Å²) >= 11 is 0. The van der Waals surface area contributed by atoms with Crippen molar-refractivity contribution in [1.29, 1.82) is 0 Å². The topological polar surface area (TPSA) is 54.9 Å². The molecule has 1 heterocycles. The van der Waals surface area contributed by atoms with E-state index in [1.807, 2.05) is 20.8 Å². The number of hydrogen-bond acceptors (Lipinski definition) is 3. The third-order valence-electron chi connectivity index (χ3n) is 3.22. The molecule has 2 rings (SSSR count). The number of hydrogen-bond donors (Lipinski definition) is 1. The van der Waals surface area contributed by atoms with Crippen LogP contribution in [-0.4, -0.2) is 15.9 Å². The van der Waals surface area contributed by atoms with Crippen molar-refractivity contribution in [3.05, 3.63) is 58.9 Å². The summed E-state index contributed by atoms with van der Waals surface area (Å²) in [5.41, 5.74) is 0.573. The molecule has 0 radical (unpaired) electrons. The van der Waals surface area contributed by atoms with Crippen LogP contribution in [-0.2, 0) is 12.0 Å². The maximum Gasteiger partial charge on any atom is 0.254 e. The van der Waals surface area contributed by atoms with E-state index >= 15 is 0 Å². The maximum absolute atomic E-state index is 13.6. The molecule has 2 aromatic rings. The fourth-order valence-corrected chi connectivity index (χ4v) is 2.14. The van der Waals surface area contributed by atoms with E-state index in [9.17, 15) is 18.0 Å². The third kappa shape index (κ3) is 3.67. The van der Waals surface area contributed by atoms with Gasteiger partial charge in [0.05, 0.1) is 11.3 Å². The fourth-order valence-electron chi connectivity index (χ4n) is 2.14. The van der Waals surface area contributed by atoms with Crippen LogP contribution in [0.15, 0.2) is 24.7 Å². The Balaban J connectivity index is 2.20. The van der Waals surface area contributed by atoms with E-state index in [0.717, 1.165) is 11.8 Å². The van der Waals surface area contributed by atoms with Gasteiger partial charge in [-0.2, -0.15) is 0 Å². The summed E-state index contributed by atoms with van der Waals surface area (Å²) in [5.74, 6) is -5.37. The number of carbonyl (C=O) groups excluding carboxylic acids is 1. The van der Waals surface area contributed by atoms with Crippen LogP contribution in [0.1, 0.15) is 42.4 Å². The summed E-state index contributed by atoms with van der Waals surface area (Å²) in [4.78, 5) is 20.1. The summed E-state index contributed by atoms with van der Waals surface area (Å²) in [6.07, 6.45) is 2.95. The van der Waals surface area contributed by atoms with Crippen LogP contribution in [0.5, 0.6) is 0 Å². The van der Waals surface area contributed by atoms with Crippen LogP contribution < -0.4 is 5.32 Å². The first-order chi connectivity index (χ1) is 10.7. The van der Waals surface area contributed by atoms with Gasteiger partial charge in [0.15, 0.2) is 17.5 Å². The molecule has 0 aliphatic carbocycles. The SMILES string of the molecule is CC(C)(C)c1ncncc1CNC(=O)c1ccc(F)c(F)c1F. The van der Waals surface area contributed by atoms with Gasteiger partial charge in [-0.15, -0.1) is 0 Å². The van der Waals surface area contributed by atoms with Gasteiger partial charge in [0.25, 0.3) is 5.91 Å². The molecule has 7 heteroatoms. The molecule has 1 N–H and O–H groups in total. The normalized spacial score (nSPS) is 11.4. The molecule has 1 aromatic heterocycles. The van der Waals surface area contributed by atoms with Crippen molar-refractivity contribution in [3.8, 4) is 0 Å². The number of carbonyl (C=O) groups is 1. The summed E-state index contributed by atoms with van der Waals surface area (Å²) in [5, 5.41) is 2.47. The van der Waals surface area contributed by atoms with Crippen LogP contribution in [0.25, 0.3) is 0 Å². The summed E-state index contributed by atoms with van der Waals surface area (Å²) < 4.78 is 39.7. The van der Waals surface area contributed by atoms with Gasteiger partial charge in [-0.3, -0.25) is 4.79 Å². The first-order valence-electron chi connectivity index (χ1n) is 6.93. The van der Waals surface area contributed by atoms with Crippen LogP contribution in [0.3, 0.4) is 0 Å². The number of amides is 1. The highest BCUT2D eigenvalue weighted by Crippen LogP contribution is 2.23. The monoisotopic (exact) mass is 323 g/mol. The lowest BCUT2D eigenvalue weighted by Gasteiger charge is -2.21. The van der Waals surface area contributed by atoms with Crippen molar-refractivity contribution in [3.63, 3.8) is 0 Å². The lowest BCUT2D eigenvalue weighted by Crippen LogP contribution is -2.27. The van der Waals surface area contributed by atoms with E-state index in [4.69, 9.17) is 0 Å². The second kappa shape index (κ2) is 6.36. The van der Waals surface area contributed by atoms with E-state index in [1.54, 1.807) is 6.20 Å². The molecule has 23 heavy (non-hydrogen) atoms. The first kappa shape index (κ1) is 16.9. The van der Waals surface area contributed by atoms with Gasteiger partial charge < -0.3 is 5.32 Å². The standard InChI is InChI=1S/C16H16F3N3O/c1-16(2,3)14-9(6-20-8-22-14)7-21-15(23)10-4-5-11(17)13(19)12(10)18/h4-6,8H,7H2,1-3H3,(H,21,23). The molecule has 122 valence electrons. The fraction of sp³-hybridized carbons (Fsp3) is 0.312. The highest BCUT2D eigenvalue weighted by molar-refractivity contribution is 5.94. The van der Waals surface area contributed by atoms with Crippen LogP contribution in [0.2, 0.25) is 0 Å². The predicted molar refractivity (Wildman–Crippen MR) is 78.2 cm³/mol. The second-order valence-corrected chi connectivity index (χ2v) is 6.05. The van der Waals surface area contributed by atoms with Gasteiger partial charge in [-0.1, -0.05) is 20.8 Å². The van der Waals surface area contributed by atoms with E-state index in [1.165, 1.54) is 6.33 Å². The van der Waals surface area contributed by atoms with Crippen LogP contribution in [0.4, 0.5) is 13.2 Å². The molecule has 0 unspecified atom stereocenters. The molecule has 0 saturated heterocycles. The lowest BCUT2D eigenvalue weighted by atomic mass is 9.89. The van der Waals surface area contributed by atoms with Crippen molar-refractivity contribution in [1.82, 2.24) is 15.3 Å². The summed E-state index contributed by atoms with van der Waals surface area (Å²) in [6, 6.07) is 1.61. The van der Waals surface area contributed by atoms with Crippen molar-refractivity contribution in [2.24, 2.45) is 0 Å². The summed E-state index contributed by atoms with van der Waals surface area (Å²) in [6.45, 7) is 5.91. The van der Waals surface area contributed by atoms with Crippen LogP contribution in [0, 0.1) is 17.5 Å². The molecule has 0 saturated carbocycles. The Labute approximate surface area is 131 Å². The molecule has 1 aromatic carbocycles. The minimum atomic E-state index is -1.67. The van der Waals surface area contributed by atoms with E-state index in [0.29, 0.717) is 11.6 Å². The Morgan fingerprint density at radius 1 is 1.17 bits per heavy atom. The highest BCUT2D eigenvalue weighted by atomic mass is 19.2. The minimum absolute atomic E-state index is 0.0463. The average Bonchev–Trinajstić information content (AvgIpc) is 2.50. The quantitative estimate of drug-likeness (QED) is 0.883. The zero-order chi connectivity index (χ0) is 17.2. The van der Waals surface area contributed by atoms with Gasteiger partial charge >= 0.3 is 0 Å². The molecule has 4 nitrogen and oxygen atoms in total. The summed E-state index contributed by atoms with van der Waals surface area (Å²) in [7, 11) is 0. The highest BCUT2D eigenvalue weighted by Gasteiger charge is 2.22. The van der Waals surface area contributed by atoms with Gasteiger partial charge in [-0.25, -0.2) is 23.1 Å². The average molecular weight is 323 g/mol. The van der Waals surface area contributed by atoms with Gasteiger partial charge in [0, 0.05) is 23.7 Å². The number of halogens is 3. The number of benzene rings is 1. The Kier molecular flexibility index (Phi) is 4.68. The number of rotatable bonds is 3. The zero-order valence-electron chi connectivity index (χ0n) is 13.0. The smallest absolute Gasteiger partial charge is 0.254 e. The van der Waals surface area contributed by atoms with E-state index in [2.05, 4.69) is 15.3 Å². The molecule has 0 aliphatic heterocycles. The van der Waals surface area contributed by atoms with Crippen molar-refractivity contribution in [2.75, 3.05) is 0 Å². The Morgan fingerprint density at radius 3 is 2.52 bits per heavy atom. The van der Waals surface area contributed by atoms with Gasteiger partial charge in [0.1, 0.15) is 6.33 Å². The molecule has 1 amide bonds. The second-order valence-electron chi connectivity index (χ2n) is 6.05. The molecule has 0 fully saturated rings. The zero-order valence-corrected chi connectivity index (χ0v) is 13.0. The largest absolute Gasteiger partial charge is 0.348 e. The Bertz CT molecular complexity index is 742. The van der Waals surface area contributed by atoms with Gasteiger partial charge in [-0.05, 0) is 12.1 Å². The van der Waals surface area contributed by atoms with E-state index < -0.39 is 28.9 Å². The van der Waals surface area contributed by atoms with Crippen molar-refractivity contribution < 1.29 is 18.0 Å². The molecular formula is C16H16F3N3O.